The molecular formula is C15H18FNO3. The van der Waals surface area contributed by atoms with Crippen molar-refractivity contribution < 1.29 is 18.7 Å². The lowest BCUT2D eigenvalue weighted by atomic mass is 10.2. The minimum atomic E-state index is -0.864. The lowest BCUT2D eigenvalue weighted by molar-refractivity contribution is 0.146. The zero-order valence-corrected chi connectivity index (χ0v) is 11.4. The molecular weight excluding hydrogens is 261 g/mol. The van der Waals surface area contributed by atoms with Gasteiger partial charge in [0.25, 0.3) is 0 Å². The molecule has 0 saturated carbocycles. The van der Waals surface area contributed by atoms with Crippen LogP contribution in [0.2, 0.25) is 0 Å². The number of likely N-dealkylation sites (tertiary alicyclic amines) is 1. The summed E-state index contributed by atoms with van der Waals surface area (Å²) in [7, 11) is 1.62. The van der Waals surface area contributed by atoms with E-state index in [0.29, 0.717) is 19.5 Å². The van der Waals surface area contributed by atoms with Crippen LogP contribution in [0.25, 0.3) is 11.0 Å². The number of benzene rings is 1. The van der Waals surface area contributed by atoms with Crippen LogP contribution in [0.5, 0.6) is 5.75 Å². The second-order valence-corrected chi connectivity index (χ2v) is 5.22. The van der Waals surface area contributed by atoms with Gasteiger partial charge in [0, 0.05) is 18.0 Å². The van der Waals surface area contributed by atoms with E-state index in [1.54, 1.807) is 7.11 Å². The van der Waals surface area contributed by atoms with Crippen LogP contribution in [0.1, 0.15) is 12.2 Å². The van der Waals surface area contributed by atoms with Gasteiger partial charge in [0.1, 0.15) is 23.3 Å². The van der Waals surface area contributed by atoms with E-state index in [-0.39, 0.29) is 12.6 Å². The molecule has 0 spiro atoms. The normalized spacial score (nSPS) is 23.6. The van der Waals surface area contributed by atoms with E-state index >= 15 is 0 Å². The van der Waals surface area contributed by atoms with Crippen molar-refractivity contribution in [1.82, 2.24) is 4.90 Å². The van der Waals surface area contributed by atoms with Crippen molar-refractivity contribution in [3.63, 3.8) is 0 Å². The second-order valence-electron chi connectivity index (χ2n) is 5.22. The zero-order chi connectivity index (χ0) is 14.1. The lowest BCUT2D eigenvalue weighted by Gasteiger charge is -2.20. The minimum Gasteiger partial charge on any atom is -0.497 e. The van der Waals surface area contributed by atoms with E-state index in [9.17, 15) is 9.50 Å². The highest BCUT2D eigenvalue weighted by atomic mass is 19.1. The number of hydrogen-bond donors (Lipinski definition) is 1. The highest BCUT2D eigenvalue weighted by Gasteiger charge is 2.32. The summed E-state index contributed by atoms with van der Waals surface area (Å²) in [6.07, 6.45) is -0.471. The molecule has 0 radical (unpaired) electrons. The summed E-state index contributed by atoms with van der Waals surface area (Å²) in [5.41, 5.74) is 0.789. The van der Waals surface area contributed by atoms with Crippen LogP contribution in [0.15, 0.2) is 28.7 Å². The number of halogens is 1. The molecule has 0 amide bonds. The molecule has 1 fully saturated rings. The molecule has 108 valence electrons. The zero-order valence-electron chi connectivity index (χ0n) is 11.4. The molecule has 2 aromatic rings. The Bertz CT molecular complexity index is 598. The molecule has 20 heavy (non-hydrogen) atoms. The average Bonchev–Trinajstić information content (AvgIpc) is 3.00. The summed E-state index contributed by atoms with van der Waals surface area (Å²) < 4.78 is 24.4. The molecule has 0 bridgehead atoms. The monoisotopic (exact) mass is 279 g/mol. The van der Waals surface area contributed by atoms with E-state index in [0.717, 1.165) is 22.5 Å². The number of ether oxygens (including phenoxy) is 1. The third kappa shape index (κ3) is 2.51. The Morgan fingerprint density at radius 3 is 3.05 bits per heavy atom. The number of nitrogens with zero attached hydrogens (tertiary/aromatic N) is 1. The first-order chi connectivity index (χ1) is 9.69. The van der Waals surface area contributed by atoms with Gasteiger partial charge in [0.15, 0.2) is 0 Å². The number of methoxy groups -OCH3 is 1. The van der Waals surface area contributed by atoms with E-state index in [1.165, 1.54) is 0 Å². The number of alkyl halides is 1. The molecule has 1 aliphatic heterocycles. The number of aliphatic hydroxyl groups is 1. The van der Waals surface area contributed by atoms with Gasteiger partial charge < -0.3 is 14.3 Å². The van der Waals surface area contributed by atoms with Crippen molar-refractivity contribution in [3.05, 3.63) is 30.0 Å². The topological polar surface area (TPSA) is 45.8 Å². The smallest absolute Gasteiger partial charge is 0.134 e. The maximum Gasteiger partial charge on any atom is 0.134 e. The summed E-state index contributed by atoms with van der Waals surface area (Å²) in [4.78, 5) is 1.93. The second kappa shape index (κ2) is 5.42. The van der Waals surface area contributed by atoms with Crippen molar-refractivity contribution in [3.8, 4) is 5.75 Å². The average molecular weight is 279 g/mol. The van der Waals surface area contributed by atoms with Gasteiger partial charge in [-0.25, -0.2) is 4.39 Å². The molecule has 2 heterocycles. The maximum absolute atomic E-state index is 13.4. The van der Waals surface area contributed by atoms with Crippen LogP contribution in [0.4, 0.5) is 4.39 Å². The SMILES string of the molecule is COc1ccc2oc(CN3C[C@@H](F)C[C@H]3CO)cc2c1. The maximum atomic E-state index is 13.4. The molecule has 1 aromatic heterocycles. The summed E-state index contributed by atoms with van der Waals surface area (Å²) in [6, 6.07) is 7.45. The predicted molar refractivity (Wildman–Crippen MR) is 73.6 cm³/mol. The summed E-state index contributed by atoms with van der Waals surface area (Å²) in [5, 5.41) is 10.3. The Morgan fingerprint density at radius 2 is 2.30 bits per heavy atom. The molecule has 1 N–H and O–H groups in total. The molecule has 4 nitrogen and oxygen atoms in total. The number of fused-ring (bicyclic) bond motifs is 1. The van der Waals surface area contributed by atoms with E-state index in [2.05, 4.69) is 0 Å². The number of hydrogen-bond acceptors (Lipinski definition) is 4. The standard InChI is InChI=1S/C15H18FNO3/c1-19-13-2-3-15-10(4-13)5-14(20-15)8-17-7-11(16)6-12(17)9-18/h2-5,11-12,18H,6-9H2,1H3/t11-,12-/m0/s1. The van der Waals surface area contributed by atoms with Crippen LogP contribution in [0.3, 0.4) is 0 Å². The summed E-state index contributed by atoms with van der Waals surface area (Å²) in [6.45, 7) is 0.850. The van der Waals surface area contributed by atoms with Crippen molar-refractivity contribution in [1.29, 1.82) is 0 Å². The van der Waals surface area contributed by atoms with Gasteiger partial charge in [-0.05, 0) is 30.7 Å². The van der Waals surface area contributed by atoms with Crippen molar-refractivity contribution in [2.24, 2.45) is 0 Å². The molecule has 1 aromatic carbocycles. The van der Waals surface area contributed by atoms with E-state index < -0.39 is 6.17 Å². The van der Waals surface area contributed by atoms with Crippen molar-refractivity contribution in [2.75, 3.05) is 20.3 Å². The third-order valence-electron chi connectivity index (χ3n) is 3.82. The van der Waals surface area contributed by atoms with Crippen LogP contribution in [-0.2, 0) is 6.54 Å². The minimum absolute atomic E-state index is 0.0194. The van der Waals surface area contributed by atoms with E-state index in [4.69, 9.17) is 9.15 Å². The van der Waals surface area contributed by atoms with E-state index in [1.807, 2.05) is 29.2 Å². The fourth-order valence-corrected chi connectivity index (χ4v) is 2.79. The fourth-order valence-electron chi connectivity index (χ4n) is 2.79. The summed E-state index contributed by atoms with van der Waals surface area (Å²) >= 11 is 0. The van der Waals surface area contributed by atoms with Gasteiger partial charge in [-0.3, -0.25) is 4.90 Å². The number of furan rings is 1. The Morgan fingerprint density at radius 1 is 1.45 bits per heavy atom. The molecule has 5 heteroatoms. The van der Waals surface area contributed by atoms with Gasteiger partial charge in [-0.1, -0.05) is 0 Å². The first-order valence-corrected chi connectivity index (χ1v) is 6.75. The molecule has 0 unspecified atom stereocenters. The van der Waals surface area contributed by atoms with Crippen LogP contribution < -0.4 is 4.74 Å². The Balaban J connectivity index is 1.80. The predicted octanol–water partition coefficient (Wildman–Crippen LogP) is 2.35. The molecule has 0 aliphatic carbocycles. The van der Waals surface area contributed by atoms with Crippen LogP contribution in [0, 0.1) is 0 Å². The Hall–Kier alpha value is -1.59. The van der Waals surface area contributed by atoms with Gasteiger partial charge >= 0.3 is 0 Å². The molecule has 2 atom stereocenters. The summed E-state index contributed by atoms with van der Waals surface area (Å²) in [5.74, 6) is 1.56. The largest absolute Gasteiger partial charge is 0.497 e. The number of rotatable bonds is 4. The third-order valence-corrected chi connectivity index (χ3v) is 3.82. The highest BCUT2D eigenvalue weighted by Crippen LogP contribution is 2.27. The van der Waals surface area contributed by atoms with Gasteiger partial charge in [-0.2, -0.15) is 0 Å². The van der Waals surface area contributed by atoms with Gasteiger partial charge in [-0.15, -0.1) is 0 Å². The molecule has 3 rings (SSSR count). The first-order valence-electron chi connectivity index (χ1n) is 6.75. The van der Waals surface area contributed by atoms with Crippen molar-refractivity contribution in [2.45, 2.75) is 25.2 Å². The first kappa shape index (κ1) is 13.4. The van der Waals surface area contributed by atoms with Crippen LogP contribution in [-0.4, -0.2) is 42.5 Å². The van der Waals surface area contributed by atoms with Gasteiger partial charge in [0.05, 0.1) is 20.3 Å². The van der Waals surface area contributed by atoms with Crippen LogP contribution >= 0.6 is 0 Å². The number of aliphatic hydroxyl groups excluding tert-OH is 1. The quantitative estimate of drug-likeness (QED) is 0.933. The Labute approximate surface area is 116 Å². The van der Waals surface area contributed by atoms with Gasteiger partial charge in [0.2, 0.25) is 0 Å². The molecule has 1 aliphatic rings. The molecule has 1 saturated heterocycles. The van der Waals surface area contributed by atoms with Crippen molar-refractivity contribution >= 4 is 11.0 Å². The fraction of sp³-hybridized carbons (Fsp3) is 0.467. The lowest BCUT2D eigenvalue weighted by Crippen LogP contribution is -2.31. The highest BCUT2D eigenvalue weighted by molar-refractivity contribution is 5.79. The Kier molecular flexibility index (Phi) is 3.63.